The number of pyridine rings is 1. The third kappa shape index (κ3) is 4.03. The highest BCUT2D eigenvalue weighted by Crippen LogP contribution is 2.30. The van der Waals surface area contributed by atoms with Crippen molar-refractivity contribution in [3.8, 4) is 11.3 Å². The minimum absolute atomic E-state index is 0.167. The van der Waals surface area contributed by atoms with Crippen molar-refractivity contribution in [2.24, 2.45) is 0 Å². The molecule has 0 unspecified atom stereocenters. The maximum absolute atomic E-state index is 13.3. The van der Waals surface area contributed by atoms with Gasteiger partial charge in [0.05, 0.1) is 22.3 Å². The fourth-order valence-corrected chi connectivity index (χ4v) is 3.76. The van der Waals surface area contributed by atoms with Crippen LogP contribution in [0, 0.1) is 20.8 Å². The van der Waals surface area contributed by atoms with E-state index in [1.165, 1.54) is 12.1 Å². The van der Waals surface area contributed by atoms with E-state index in [0.717, 1.165) is 38.9 Å². The SMILES string of the molecule is Cc1cc(C)c2nc(-c3ccccc3C)cc(C(=O)Nc3ccc(C(=O)O)cc3)c2c1. The van der Waals surface area contributed by atoms with Crippen LogP contribution in [0.25, 0.3) is 22.2 Å². The number of carbonyl (C=O) groups is 2. The Morgan fingerprint density at radius 3 is 2.26 bits per heavy atom. The van der Waals surface area contributed by atoms with Crippen LogP contribution < -0.4 is 5.32 Å². The predicted molar refractivity (Wildman–Crippen MR) is 123 cm³/mol. The molecule has 0 spiro atoms. The van der Waals surface area contributed by atoms with Gasteiger partial charge in [-0.25, -0.2) is 9.78 Å². The molecule has 31 heavy (non-hydrogen) atoms. The number of carbonyl (C=O) groups excluding carboxylic acids is 1. The van der Waals surface area contributed by atoms with Gasteiger partial charge in [-0.3, -0.25) is 4.79 Å². The fraction of sp³-hybridized carbons (Fsp3) is 0.115. The second kappa shape index (κ2) is 8.03. The molecule has 1 amide bonds. The van der Waals surface area contributed by atoms with Crippen LogP contribution in [0.4, 0.5) is 5.69 Å². The fourth-order valence-electron chi connectivity index (χ4n) is 3.76. The molecule has 5 heteroatoms. The zero-order chi connectivity index (χ0) is 22.1. The van der Waals surface area contributed by atoms with Crippen LogP contribution in [0.1, 0.15) is 37.4 Å². The third-order valence-corrected chi connectivity index (χ3v) is 5.30. The summed E-state index contributed by atoms with van der Waals surface area (Å²) in [6.45, 7) is 6.01. The van der Waals surface area contributed by atoms with Gasteiger partial charge in [0.25, 0.3) is 5.91 Å². The molecule has 4 rings (SSSR count). The van der Waals surface area contributed by atoms with Gasteiger partial charge in [0.1, 0.15) is 0 Å². The number of aromatic nitrogens is 1. The van der Waals surface area contributed by atoms with Crippen molar-refractivity contribution in [2.75, 3.05) is 5.32 Å². The number of carboxylic acid groups (broad SMARTS) is 1. The van der Waals surface area contributed by atoms with Crippen molar-refractivity contribution >= 4 is 28.5 Å². The van der Waals surface area contributed by atoms with Crippen molar-refractivity contribution < 1.29 is 14.7 Å². The first-order valence-electron chi connectivity index (χ1n) is 9.96. The Morgan fingerprint density at radius 1 is 0.871 bits per heavy atom. The lowest BCUT2D eigenvalue weighted by molar-refractivity contribution is 0.0696. The molecule has 0 fully saturated rings. The monoisotopic (exact) mass is 410 g/mol. The van der Waals surface area contributed by atoms with Gasteiger partial charge in [0.2, 0.25) is 0 Å². The zero-order valence-electron chi connectivity index (χ0n) is 17.6. The number of carboxylic acids is 1. The number of fused-ring (bicyclic) bond motifs is 1. The molecule has 0 aliphatic heterocycles. The van der Waals surface area contributed by atoms with Gasteiger partial charge in [-0.15, -0.1) is 0 Å². The summed E-state index contributed by atoms with van der Waals surface area (Å²) in [5.41, 5.74) is 6.86. The number of nitrogens with zero attached hydrogens (tertiary/aromatic N) is 1. The molecule has 0 atom stereocenters. The maximum atomic E-state index is 13.3. The van der Waals surface area contributed by atoms with E-state index in [0.29, 0.717) is 11.3 Å². The van der Waals surface area contributed by atoms with E-state index in [2.05, 4.69) is 11.4 Å². The number of rotatable bonds is 4. The average Bonchev–Trinajstić information content (AvgIpc) is 2.74. The number of aromatic carboxylic acids is 1. The van der Waals surface area contributed by atoms with Gasteiger partial charge in [-0.05, 0) is 68.3 Å². The quantitative estimate of drug-likeness (QED) is 0.447. The summed E-state index contributed by atoms with van der Waals surface area (Å²) in [6, 6.07) is 19.9. The Bertz CT molecular complexity index is 1320. The van der Waals surface area contributed by atoms with Gasteiger partial charge < -0.3 is 10.4 Å². The van der Waals surface area contributed by atoms with Crippen molar-refractivity contribution in [3.63, 3.8) is 0 Å². The van der Waals surface area contributed by atoms with E-state index >= 15 is 0 Å². The van der Waals surface area contributed by atoms with Crippen molar-refractivity contribution in [3.05, 3.63) is 94.5 Å². The number of benzene rings is 3. The Morgan fingerprint density at radius 2 is 1.58 bits per heavy atom. The topological polar surface area (TPSA) is 79.3 Å². The minimum atomic E-state index is -1.01. The molecule has 5 nitrogen and oxygen atoms in total. The first-order chi connectivity index (χ1) is 14.8. The lowest BCUT2D eigenvalue weighted by Gasteiger charge is -2.14. The van der Waals surface area contributed by atoms with Crippen LogP contribution in [-0.4, -0.2) is 22.0 Å². The van der Waals surface area contributed by atoms with Crippen LogP contribution in [0.3, 0.4) is 0 Å². The first-order valence-corrected chi connectivity index (χ1v) is 9.96. The minimum Gasteiger partial charge on any atom is -0.478 e. The number of anilines is 1. The largest absolute Gasteiger partial charge is 0.478 e. The second-order valence-electron chi connectivity index (χ2n) is 7.68. The molecule has 0 saturated carbocycles. The summed E-state index contributed by atoms with van der Waals surface area (Å²) in [7, 11) is 0. The summed E-state index contributed by atoms with van der Waals surface area (Å²) >= 11 is 0. The normalized spacial score (nSPS) is 10.8. The van der Waals surface area contributed by atoms with Crippen LogP contribution >= 0.6 is 0 Å². The summed E-state index contributed by atoms with van der Waals surface area (Å²) in [5, 5.41) is 12.7. The van der Waals surface area contributed by atoms with Crippen LogP contribution in [0.15, 0.2) is 66.7 Å². The van der Waals surface area contributed by atoms with Crippen LogP contribution in [0.2, 0.25) is 0 Å². The Kier molecular flexibility index (Phi) is 5.26. The molecule has 0 aliphatic rings. The average molecular weight is 410 g/mol. The Labute approximate surface area is 180 Å². The molecule has 2 N–H and O–H groups in total. The van der Waals surface area contributed by atoms with E-state index < -0.39 is 5.97 Å². The Hall–Kier alpha value is -3.99. The van der Waals surface area contributed by atoms with Gasteiger partial charge in [-0.2, -0.15) is 0 Å². The first kappa shape index (κ1) is 20.3. The number of aryl methyl sites for hydroxylation is 3. The third-order valence-electron chi connectivity index (χ3n) is 5.30. The van der Waals surface area contributed by atoms with Gasteiger partial charge >= 0.3 is 5.97 Å². The van der Waals surface area contributed by atoms with Gasteiger partial charge in [0, 0.05) is 16.6 Å². The van der Waals surface area contributed by atoms with Gasteiger partial charge in [-0.1, -0.05) is 35.9 Å². The predicted octanol–water partition coefficient (Wildman–Crippen LogP) is 5.78. The van der Waals surface area contributed by atoms with Crippen molar-refractivity contribution in [2.45, 2.75) is 20.8 Å². The van der Waals surface area contributed by atoms with E-state index in [9.17, 15) is 9.59 Å². The van der Waals surface area contributed by atoms with Gasteiger partial charge in [0.15, 0.2) is 0 Å². The summed E-state index contributed by atoms with van der Waals surface area (Å²) < 4.78 is 0. The van der Waals surface area contributed by atoms with E-state index in [4.69, 9.17) is 10.1 Å². The lowest BCUT2D eigenvalue weighted by atomic mass is 9.98. The second-order valence-corrected chi connectivity index (χ2v) is 7.68. The number of amides is 1. The molecular formula is C26H22N2O3. The molecule has 1 heterocycles. The van der Waals surface area contributed by atoms with Crippen LogP contribution in [-0.2, 0) is 0 Å². The summed E-state index contributed by atoms with van der Waals surface area (Å²) in [4.78, 5) is 29.2. The molecule has 0 radical (unpaired) electrons. The number of hydrogen-bond donors (Lipinski definition) is 2. The highest BCUT2D eigenvalue weighted by atomic mass is 16.4. The van der Waals surface area contributed by atoms with Crippen LogP contribution in [0.5, 0.6) is 0 Å². The molecule has 0 bridgehead atoms. The highest BCUT2D eigenvalue weighted by Gasteiger charge is 2.17. The smallest absolute Gasteiger partial charge is 0.335 e. The highest BCUT2D eigenvalue weighted by molar-refractivity contribution is 6.13. The van der Waals surface area contributed by atoms with E-state index in [1.807, 2.05) is 57.2 Å². The van der Waals surface area contributed by atoms with E-state index in [1.54, 1.807) is 12.1 Å². The lowest BCUT2D eigenvalue weighted by Crippen LogP contribution is -2.13. The molecule has 0 saturated heterocycles. The zero-order valence-corrected chi connectivity index (χ0v) is 17.6. The molecule has 4 aromatic rings. The summed E-state index contributed by atoms with van der Waals surface area (Å²) in [6.07, 6.45) is 0. The van der Waals surface area contributed by atoms with Crippen molar-refractivity contribution in [1.29, 1.82) is 0 Å². The molecule has 3 aromatic carbocycles. The molecular weight excluding hydrogens is 388 g/mol. The molecule has 0 aliphatic carbocycles. The standard InChI is InChI=1S/C26H22N2O3/c1-15-12-17(3)24-21(13-15)22(14-23(28-24)20-7-5-4-6-16(20)2)25(29)27-19-10-8-18(9-11-19)26(30)31/h4-14H,1-3H3,(H,27,29)(H,30,31). The molecule has 154 valence electrons. The Balaban J connectivity index is 1.84. The number of hydrogen-bond acceptors (Lipinski definition) is 3. The molecule has 1 aromatic heterocycles. The summed E-state index contributed by atoms with van der Waals surface area (Å²) in [5.74, 6) is -1.28. The number of nitrogens with one attached hydrogen (secondary N) is 1. The maximum Gasteiger partial charge on any atom is 0.335 e. The van der Waals surface area contributed by atoms with Crippen molar-refractivity contribution in [1.82, 2.24) is 4.98 Å². The van der Waals surface area contributed by atoms with E-state index in [-0.39, 0.29) is 11.5 Å².